The van der Waals surface area contributed by atoms with Crippen LogP contribution in [0.2, 0.25) is 10.0 Å². The highest BCUT2D eigenvalue weighted by Crippen LogP contribution is 2.36. The highest BCUT2D eigenvalue weighted by molar-refractivity contribution is 7.13. The molecule has 4 aromatic rings. The van der Waals surface area contributed by atoms with E-state index in [0.717, 1.165) is 42.9 Å². The van der Waals surface area contributed by atoms with Crippen molar-refractivity contribution in [3.8, 4) is 11.5 Å². The predicted octanol–water partition coefficient (Wildman–Crippen LogP) is 6.31. The molecular weight excluding hydrogens is 689 g/mol. The number of aromatic nitrogens is 1. The van der Waals surface area contributed by atoms with Crippen molar-refractivity contribution in [2.24, 2.45) is 5.92 Å². The Labute approximate surface area is 299 Å². The molecule has 7 rings (SSSR count). The van der Waals surface area contributed by atoms with Crippen LogP contribution < -0.4 is 19.5 Å². The zero-order valence-corrected chi connectivity index (χ0v) is 29.4. The van der Waals surface area contributed by atoms with Gasteiger partial charge < -0.3 is 24.2 Å². The molecule has 2 bridgehead atoms. The van der Waals surface area contributed by atoms with E-state index in [9.17, 15) is 14.8 Å². The van der Waals surface area contributed by atoms with Crippen molar-refractivity contribution in [2.75, 3.05) is 33.9 Å². The summed E-state index contributed by atoms with van der Waals surface area (Å²) in [6, 6.07) is 17.6. The third-order valence-electron chi connectivity index (χ3n) is 9.05. The van der Waals surface area contributed by atoms with Crippen LogP contribution in [0.3, 0.4) is 0 Å². The molecule has 5 heterocycles. The van der Waals surface area contributed by atoms with E-state index in [4.69, 9.17) is 42.1 Å². The Balaban J connectivity index is 1.17. The number of ether oxygens (including phenoxy) is 4. The van der Waals surface area contributed by atoms with E-state index in [2.05, 4.69) is 10.2 Å². The number of carbonyl (C=O) groups is 2. The number of rotatable bonds is 13. The smallest absolute Gasteiger partial charge is 0.348 e. The Bertz CT molecular complexity index is 1760. The molecule has 0 spiro atoms. The summed E-state index contributed by atoms with van der Waals surface area (Å²) in [6.07, 6.45) is 3.65. The molecule has 13 heteroatoms. The van der Waals surface area contributed by atoms with Crippen LogP contribution in [0, 0.1) is 11.1 Å². The Morgan fingerprint density at radius 2 is 1.69 bits per heavy atom. The SMILES string of the molecule is COc1ccc(C(Cc2c(Cl)c[n+]([O-])cc2Cl)OC(=O)c2ccc(CN[C@H](C(=O)O[C@H]3CN4CCC3CC4)c3ccccc3)s2)cc1OC. The van der Waals surface area contributed by atoms with Crippen LogP contribution in [0.25, 0.3) is 0 Å². The number of hydrogen-bond donors (Lipinski definition) is 1. The monoisotopic (exact) mass is 725 g/mol. The maximum Gasteiger partial charge on any atom is 0.348 e. The van der Waals surface area contributed by atoms with Crippen LogP contribution in [0.15, 0.2) is 73.1 Å². The molecule has 49 heavy (non-hydrogen) atoms. The third kappa shape index (κ3) is 8.30. The molecule has 0 amide bonds. The van der Waals surface area contributed by atoms with Gasteiger partial charge in [-0.05, 0) is 67.2 Å². The minimum atomic E-state index is -0.836. The fraction of sp³-hybridized carbons (Fsp3) is 0.361. The molecule has 10 nitrogen and oxygen atoms in total. The maximum atomic E-state index is 13.6. The Morgan fingerprint density at radius 3 is 2.35 bits per heavy atom. The number of methoxy groups -OCH3 is 2. The first kappa shape index (κ1) is 35.0. The standard InChI is InChI=1S/C36H37Cl2N3O7S/c1-45-29-10-8-24(16-31(29)46-2)30(17-26-27(37)19-41(44)20-28(26)38)47-35(42)33-11-9-25(49-33)18-39-34(23-6-4-3-5-7-23)36(43)48-32-21-40-14-12-22(32)13-15-40/h3-11,16,19-20,22,30,32,34,39H,12-15,17-18,21H2,1-2H3/t30?,32-,34-/m0/s1. The lowest BCUT2D eigenvalue weighted by molar-refractivity contribution is -0.605. The van der Waals surface area contributed by atoms with Gasteiger partial charge >= 0.3 is 11.9 Å². The number of nitrogens with zero attached hydrogens (tertiary/aromatic N) is 2. The van der Waals surface area contributed by atoms with Crippen LogP contribution in [0.5, 0.6) is 11.5 Å². The van der Waals surface area contributed by atoms with E-state index in [0.29, 0.717) is 44.7 Å². The number of halogens is 2. The van der Waals surface area contributed by atoms with Crippen molar-refractivity contribution in [1.29, 1.82) is 0 Å². The first-order valence-corrected chi connectivity index (χ1v) is 17.6. The second kappa shape index (κ2) is 15.8. The highest BCUT2D eigenvalue weighted by Gasteiger charge is 2.38. The summed E-state index contributed by atoms with van der Waals surface area (Å²) < 4.78 is 23.5. The predicted molar refractivity (Wildman–Crippen MR) is 186 cm³/mol. The van der Waals surface area contributed by atoms with Crippen molar-refractivity contribution >= 4 is 46.5 Å². The van der Waals surface area contributed by atoms with Crippen molar-refractivity contribution < 1.29 is 33.3 Å². The Hall–Kier alpha value is -3.87. The van der Waals surface area contributed by atoms with E-state index in [-0.39, 0.29) is 28.5 Å². The maximum absolute atomic E-state index is 13.6. The molecule has 3 aliphatic rings. The topological polar surface area (TPSA) is 113 Å². The first-order valence-electron chi connectivity index (χ1n) is 16.0. The minimum Gasteiger partial charge on any atom is -0.619 e. The van der Waals surface area contributed by atoms with Gasteiger partial charge in [0.2, 0.25) is 0 Å². The van der Waals surface area contributed by atoms with Crippen molar-refractivity contribution in [2.45, 2.75) is 44.1 Å². The average molecular weight is 727 g/mol. The molecule has 2 aromatic heterocycles. The van der Waals surface area contributed by atoms with Gasteiger partial charge in [-0.1, -0.05) is 59.6 Å². The summed E-state index contributed by atoms with van der Waals surface area (Å²) in [6.45, 7) is 3.23. The summed E-state index contributed by atoms with van der Waals surface area (Å²) >= 11 is 14.1. The molecule has 1 N–H and O–H groups in total. The lowest BCUT2D eigenvalue weighted by atomic mass is 9.86. The van der Waals surface area contributed by atoms with E-state index in [1.165, 1.54) is 38.0 Å². The quantitative estimate of drug-likeness (QED) is 0.0962. The van der Waals surface area contributed by atoms with Crippen LogP contribution in [-0.2, 0) is 27.2 Å². The van der Waals surface area contributed by atoms with Gasteiger partial charge in [0.1, 0.15) is 33.2 Å². The van der Waals surface area contributed by atoms with Gasteiger partial charge in [0.25, 0.3) is 0 Å². The van der Waals surface area contributed by atoms with Gasteiger partial charge in [0, 0.05) is 30.0 Å². The van der Waals surface area contributed by atoms with E-state index >= 15 is 0 Å². The lowest BCUT2D eigenvalue weighted by Gasteiger charge is -2.44. The summed E-state index contributed by atoms with van der Waals surface area (Å²) in [5.74, 6) is 0.500. The molecule has 3 atom stereocenters. The molecule has 3 saturated heterocycles. The van der Waals surface area contributed by atoms with Gasteiger partial charge in [0.15, 0.2) is 23.9 Å². The lowest BCUT2D eigenvalue weighted by Crippen LogP contribution is -2.52. The molecule has 0 aliphatic carbocycles. The molecular formula is C36H37Cl2N3O7S. The molecule has 258 valence electrons. The summed E-state index contributed by atoms with van der Waals surface area (Å²) in [5.41, 5.74) is 1.88. The van der Waals surface area contributed by atoms with E-state index in [1.54, 1.807) is 24.3 Å². The molecule has 0 radical (unpaired) electrons. The number of nitrogens with one attached hydrogen (secondary N) is 1. The zero-order valence-electron chi connectivity index (χ0n) is 27.1. The third-order valence-corrected chi connectivity index (χ3v) is 10.8. The molecule has 3 fully saturated rings. The molecule has 3 aliphatic heterocycles. The fourth-order valence-corrected chi connectivity index (χ4v) is 7.85. The van der Waals surface area contributed by atoms with Gasteiger partial charge in [-0.25, -0.2) is 9.59 Å². The van der Waals surface area contributed by atoms with E-state index in [1.807, 2.05) is 36.4 Å². The number of pyridine rings is 1. The number of carbonyl (C=O) groups excluding carboxylic acids is 2. The summed E-state index contributed by atoms with van der Waals surface area (Å²) in [5, 5.41) is 15.5. The van der Waals surface area contributed by atoms with Crippen LogP contribution in [0.1, 0.15) is 56.2 Å². The number of benzene rings is 2. The number of esters is 2. The van der Waals surface area contributed by atoms with Gasteiger partial charge in [-0.3, -0.25) is 10.2 Å². The number of hydrogen-bond acceptors (Lipinski definition) is 10. The summed E-state index contributed by atoms with van der Waals surface area (Å²) in [7, 11) is 3.05. The molecule has 2 aromatic carbocycles. The van der Waals surface area contributed by atoms with E-state index < -0.39 is 18.1 Å². The fourth-order valence-electron chi connectivity index (χ4n) is 6.41. The van der Waals surface area contributed by atoms with Crippen LogP contribution in [0.4, 0.5) is 0 Å². The van der Waals surface area contributed by atoms with Crippen LogP contribution in [-0.4, -0.2) is 56.8 Å². The molecule has 0 saturated carbocycles. The van der Waals surface area contributed by atoms with Gasteiger partial charge in [-0.2, -0.15) is 4.73 Å². The second-order valence-electron chi connectivity index (χ2n) is 12.1. The van der Waals surface area contributed by atoms with Crippen molar-refractivity contribution in [3.05, 3.63) is 115 Å². The second-order valence-corrected chi connectivity index (χ2v) is 14.1. The Kier molecular flexibility index (Phi) is 11.3. The zero-order chi connectivity index (χ0) is 34.5. The average Bonchev–Trinajstić information content (AvgIpc) is 3.59. The minimum absolute atomic E-state index is 0.0972. The van der Waals surface area contributed by atoms with Gasteiger partial charge in [-0.15, -0.1) is 11.3 Å². The first-order chi connectivity index (χ1) is 23.7. The van der Waals surface area contributed by atoms with Crippen molar-refractivity contribution in [1.82, 2.24) is 10.2 Å². The Morgan fingerprint density at radius 1 is 0.980 bits per heavy atom. The number of thiophene rings is 1. The van der Waals surface area contributed by atoms with Crippen LogP contribution >= 0.6 is 34.5 Å². The largest absolute Gasteiger partial charge is 0.619 e. The number of fused-ring (bicyclic) bond motifs is 3. The highest BCUT2D eigenvalue weighted by atomic mass is 35.5. The van der Waals surface area contributed by atoms with Crippen molar-refractivity contribution in [3.63, 3.8) is 0 Å². The molecule has 1 unspecified atom stereocenters. The normalized spacial score (nSPS) is 19.6. The summed E-state index contributed by atoms with van der Waals surface area (Å²) in [4.78, 5) is 30.7. The number of piperidine rings is 3. The van der Waals surface area contributed by atoms with Gasteiger partial charge in [0.05, 0.1) is 14.2 Å².